The molecule has 0 aliphatic carbocycles. The molecule has 0 fully saturated rings. The van der Waals surface area contributed by atoms with Gasteiger partial charge in [-0.25, -0.2) is 0 Å². The molecular formula is C17H29N3O. The predicted octanol–water partition coefficient (Wildman–Crippen LogP) is 2.60. The summed E-state index contributed by atoms with van der Waals surface area (Å²) in [6.07, 6.45) is 3.87. The van der Waals surface area contributed by atoms with Gasteiger partial charge in [-0.2, -0.15) is 0 Å². The molecule has 0 unspecified atom stereocenters. The van der Waals surface area contributed by atoms with Crippen LogP contribution in [0.3, 0.4) is 0 Å². The first-order chi connectivity index (χ1) is 9.94. The number of rotatable bonds is 9. The maximum atomic E-state index is 5.13. The first kappa shape index (κ1) is 17.8. The van der Waals surface area contributed by atoms with Crippen molar-refractivity contribution in [3.8, 4) is 0 Å². The average Bonchev–Trinajstić information content (AvgIpc) is 2.43. The van der Waals surface area contributed by atoms with Gasteiger partial charge in [0.25, 0.3) is 0 Å². The van der Waals surface area contributed by atoms with Crippen LogP contribution in [0.15, 0.2) is 31.0 Å². The van der Waals surface area contributed by atoms with Gasteiger partial charge in [0.05, 0.1) is 12.3 Å². The largest absolute Gasteiger partial charge is 0.383 e. The van der Waals surface area contributed by atoms with Crippen molar-refractivity contribution in [1.82, 2.24) is 15.2 Å². The van der Waals surface area contributed by atoms with Crippen molar-refractivity contribution in [2.24, 2.45) is 0 Å². The van der Waals surface area contributed by atoms with Crippen molar-refractivity contribution in [1.29, 1.82) is 0 Å². The van der Waals surface area contributed by atoms with Crippen LogP contribution in [-0.4, -0.2) is 42.2 Å². The molecule has 0 aliphatic rings. The highest BCUT2D eigenvalue weighted by atomic mass is 16.5. The fourth-order valence-electron chi connectivity index (χ4n) is 1.89. The molecule has 1 rings (SSSR count). The van der Waals surface area contributed by atoms with E-state index in [1.165, 1.54) is 5.56 Å². The molecule has 0 saturated carbocycles. The summed E-state index contributed by atoms with van der Waals surface area (Å²) in [6, 6.07) is 4.24. The third-order valence-electron chi connectivity index (χ3n) is 3.09. The second kappa shape index (κ2) is 8.93. The van der Waals surface area contributed by atoms with Crippen LogP contribution < -0.4 is 5.32 Å². The lowest BCUT2D eigenvalue weighted by Gasteiger charge is -2.21. The zero-order valence-corrected chi connectivity index (χ0v) is 13.9. The van der Waals surface area contributed by atoms with Crippen LogP contribution in [0, 0.1) is 0 Å². The zero-order chi connectivity index (χ0) is 15.7. The predicted molar refractivity (Wildman–Crippen MR) is 88.2 cm³/mol. The summed E-state index contributed by atoms with van der Waals surface area (Å²) >= 11 is 0. The number of pyridine rings is 1. The zero-order valence-electron chi connectivity index (χ0n) is 13.9. The van der Waals surface area contributed by atoms with Crippen LogP contribution in [0.4, 0.5) is 0 Å². The van der Waals surface area contributed by atoms with Gasteiger partial charge in [0.1, 0.15) is 0 Å². The van der Waals surface area contributed by atoms with Gasteiger partial charge in [-0.05, 0) is 32.4 Å². The molecule has 0 aromatic carbocycles. The average molecular weight is 291 g/mol. The van der Waals surface area contributed by atoms with Gasteiger partial charge in [-0.1, -0.05) is 12.1 Å². The number of methoxy groups -OCH3 is 1. The molecule has 0 atom stereocenters. The minimum Gasteiger partial charge on any atom is -0.383 e. The van der Waals surface area contributed by atoms with Crippen molar-refractivity contribution in [2.75, 3.05) is 26.8 Å². The second-order valence-corrected chi connectivity index (χ2v) is 6.28. The molecule has 0 aliphatic heterocycles. The lowest BCUT2D eigenvalue weighted by atomic mass is 10.1. The van der Waals surface area contributed by atoms with Gasteiger partial charge >= 0.3 is 0 Å². The van der Waals surface area contributed by atoms with Gasteiger partial charge in [0.2, 0.25) is 0 Å². The third-order valence-corrected chi connectivity index (χ3v) is 3.09. The highest BCUT2D eigenvalue weighted by molar-refractivity contribution is 5.14. The van der Waals surface area contributed by atoms with Crippen LogP contribution in [0.1, 0.15) is 32.0 Å². The Morgan fingerprint density at radius 2 is 2.14 bits per heavy atom. The molecule has 4 nitrogen and oxygen atoms in total. The Hall–Kier alpha value is -1.23. The van der Waals surface area contributed by atoms with E-state index in [1.807, 2.05) is 12.3 Å². The number of hydrogen-bond acceptors (Lipinski definition) is 4. The number of hydrogen-bond donors (Lipinski definition) is 1. The Morgan fingerprint density at radius 1 is 1.38 bits per heavy atom. The second-order valence-electron chi connectivity index (χ2n) is 6.28. The van der Waals surface area contributed by atoms with E-state index in [-0.39, 0.29) is 5.54 Å². The summed E-state index contributed by atoms with van der Waals surface area (Å²) in [5.41, 5.74) is 2.41. The van der Waals surface area contributed by atoms with E-state index in [0.717, 1.165) is 38.5 Å². The van der Waals surface area contributed by atoms with Crippen molar-refractivity contribution in [3.05, 3.63) is 42.2 Å². The van der Waals surface area contributed by atoms with Gasteiger partial charge in [-0.15, -0.1) is 6.58 Å². The SMILES string of the molecule is C=CCN(CCOC)Cc1ccc(CNC(C)(C)C)cn1. The summed E-state index contributed by atoms with van der Waals surface area (Å²) in [4.78, 5) is 6.82. The monoisotopic (exact) mass is 291 g/mol. The fourth-order valence-corrected chi connectivity index (χ4v) is 1.89. The van der Waals surface area contributed by atoms with Crippen LogP contribution in [0.5, 0.6) is 0 Å². The maximum absolute atomic E-state index is 5.13. The summed E-state index contributed by atoms with van der Waals surface area (Å²) in [5.74, 6) is 0. The first-order valence-electron chi connectivity index (χ1n) is 7.45. The Balaban J connectivity index is 2.53. The quantitative estimate of drug-likeness (QED) is 0.710. The maximum Gasteiger partial charge on any atom is 0.0589 e. The molecule has 1 aromatic rings. The first-order valence-corrected chi connectivity index (χ1v) is 7.45. The van der Waals surface area contributed by atoms with Gasteiger partial charge < -0.3 is 10.1 Å². The molecule has 21 heavy (non-hydrogen) atoms. The molecule has 4 heteroatoms. The Kier molecular flexibility index (Phi) is 7.57. The molecular weight excluding hydrogens is 262 g/mol. The van der Waals surface area contributed by atoms with E-state index < -0.39 is 0 Å². The Bertz CT molecular complexity index is 409. The van der Waals surface area contributed by atoms with E-state index in [1.54, 1.807) is 7.11 Å². The summed E-state index contributed by atoms with van der Waals surface area (Å²) < 4.78 is 5.13. The summed E-state index contributed by atoms with van der Waals surface area (Å²) in [6.45, 7) is 14.4. The minimum atomic E-state index is 0.125. The molecule has 0 saturated heterocycles. The topological polar surface area (TPSA) is 37.4 Å². The van der Waals surface area contributed by atoms with Crippen molar-refractivity contribution < 1.29 is 4.74 Å². The van der Waals surface area contributed by atoms with E-state index in [2.05, 4.69) is 54.7 Å². The van der Waals surface area contributed by atoms with Crippen molar-refractivity contribution >= 4 is 0 Å². The van der Waals surface area contributed by atoms with Gasteiger partial charge in [0.15, 0.2) is 0 Å². The number of nitrogens with zero attached hydrogens (tertiary/aromatic N) is 2. The van der Waals surface area contributed by atoms with Crippen LogP contribution in [-0.2, 0) is 17.8 Å². The van der Waals surface area contributed by atoms with Gasteiger partial charge in [0, 0.05) is 45.0 Å². The molecule has 0 radical (unpaired) electrons. The number of nitrogens with one attached hydrogen (secondary N) is 1. The molecule has 1 heterocycles. The van der Waals surface area contributed by atoms with Crippen LogP contribution in [0.2, 0.25) is 0 Å². The Morgan fingerprint density at radius 3 is 2.67 bits per heavy atom. The highest BCUT2D eigenvalue weighted by Gasteiger charge is 2.09. The normalized spacial score (nSPS) is 11.9. The summed E-state index contributed by atoms with van der Waals surface area (Å²) in [7, 11) is 1.72. The van der Waals surface area contributed by atoms with Crippen LogP contribution >= 0.6 is 0 Å². The molecule has 0 amide bonds. The standard InChI is InChI=1S/C17H29N3O/c1-6-9-20(10-11-21-5)14-16-8-7-15(12-18-16)13-19-17(2,3)4/h6-8,12,19H,1,9-11,13-14H2,2-5H3. The lowest BCUT2D eigenvalue weighted by Crippen LogP contribution is -2.35. The third kappa shape index (κ3) is 7.95. The Labute approximate surface area is 129 Å². The fraction of sp³-hybridized carbons (Fsp3) is 0.588. The van der Waals surface area contributed by atoms with Crippen LogP contribution in [0.25, 0.3) is 0 Å². The van der Waals surface area contributed by atoms with E-state index in [0.29, 0.717) is 0 Å². The van der Waals surface area contributed by atoms with E-state index in [4.69, 9.17) is 4.74 Å². The number of aromatic nitrogens is 1. The van der Waals surface area contributed by atoms with E-state index >= 15 is 0 Å². The van der Waals surface area contributed by atoms with Crippen molar-refractivity contribution in [3.63, 3.8) is 0 Å². The number of ether oxygens (including phenoxy) is 1. The molecule has 0 bridgehead atoms. The minimum absolute atomic E-state index is 0.125. The molecule has 1 aromatic heterocycles. The highest BCUT2D eigenvalue weighted by Crippen LogP contribution is 2.06. The molecule has 1 N–H and O–H groups in total. The summed E-state index contributed by atoms with van der Waals surface area (Å²) in [5, 5.41) is 3.47. The lowest BCUT2D eigenvalue weighted by molar-refractivity contribution is 0.150. The van der Waals surface area contributed by atoms with E-state index in [9.17, 15) is 0 Å². The molecule has 118 valence electrons. The van der Waals surface area contributed by atoms with Crippen molar-refractivity contribution in [2.45, 2.75) is 39.4 Å². The smallest absolute Gasteiger partial charge is 0.0589 e. The molecule has 0 spiro atoms. The van der Waals surface area contributed by atoms with Gasteiger partial charge in [-0.3, -0.25) is 9.88 Å².